The van der Waals surface area contributed by atoms with Crippen molar-refractivity contribution in [1.82, 2.24) is 0 Å². The summed E-state index contributed by atoms with van der Waals surface area (Å²) in [5.74, 6) is -0.765. The summed E-state index contributed by atoms with van der Waals surface area (Å²) >= 11 is 3.35. The van der Waals surface area contributed by atoms with Crippen molar-refractivity contribution < 1.29 is 9.90 Å². The van der Waals surface area contributed by atoms with Crippen LogP contribution in [-0.4, -0.2) is 11.1 Å². The molecule has 0 amide bonds. The van der Waals surface area contributed by atoms with Crippen LogP contribution in [0.25, 0.3) is 0 Å². The number of carboxylic acid groups (broad SMARTS) is 1. The van der Waals surface area contributed by atoms with Crippen molar-refractivity contribution in [3.8, 4) is 0 Å². The van der Waals surface area contributed by atoms with Crippen LogP contribution in [0.4, 0.5) is 5.69 Å². The minimum absolute atomic E-state index is 0.186. The lowest BCUT2D eigenvalue weighted by atomic mass is 10.1. The Balaban J connectivity index is 2.57. The summed E-state index contributed by atoms with van der Waals surface area (Å²) in [5.41, 5.74) is 7.46. The van der Waals surface area contributed by atoms with Gasteiger partial charge >= 0.3 is 5.97 Å². The molecule has 0 fully saturated rings. The third-order valence-corrected chi connectivity index (χ3v) is 2.44. The Morgan fingerprint density at radius 1 is 1.50 bits per heavy atom. The molecule has 0 aliphatic carbocycles. The molecule has 14 heavy (non-hydrogen) atoms. The van der Waals surface area contributed by atoms with E-state index in [1.165, 1.54) is 0 Å². The lowest BCUT2D eigenvalue weighted by molar-refractivity contribution is -0.137. The van der Waals surface area contributed by atoms with Gasteiger partial charge in [0.15, 0.2) is 0 Å². The molecule has 0 bridgehead atoms. The van der Waals surface area contributed by atoms with E-state index in [-0.39, 0.29) is 6.42 Å². The maximum absolute atomic E-state index is 10.3. The maximum atomic E-state index is 10.3. The average molecular weight is 258 g/mol. The molecule has 0 atom stereocenters. The number of carboxylic acids is 1. The van der Waals surface area contributed by atoms with E-state index in [9.17, 15) is 4.79 Å². The molecular formula is C10H12BrNO2. The molecule has 0 aromatic heterocycles. The third kappa shape index (κ3) is 3.38. The highest BCUT2D eigenvalue weighted by molar-refractivity contribution is 9.10. The number of nitrogen functional groups attached to an aromatic ring is 1. The van der Waals surface area contributed by atoms with Crippen molar-refractivity contribution in [2.75, 3.05) is 5.73 Å². The molecule has 76 valence electrons. The number of rotatable bonds is 4. The van der Waals surface area contributed by atoms with Gasteiger partial charge in [0.2, 0.25) is 0 Å². The number of hydrogen-bond acceptors (Lipinski definition) is 2. The fourth-order valence-electron chi connectivity index (χ4n) is 1.22. The van der Waals surface area contributed by atoms with Gasteiger partial charge in [0.25, 0.3) is 0 Å². The molecule has 0 aliphatic heterocycles. The lowest BCUT2D eigenvalue weighted by Crippen LogP contribution is -1.98. The molecule has 1 aromatic carbocycles. The minimum atomic E-state index is -0.765. The predicted octanol–water partition coefficient (Wildman–Crippen LogP) is 2.44. The third-order valence-electron chi connectivity index (χ3n) is 1.94. The van der Waals surface area contributed by atoms with Crippen molar-refractivity contribution in [1.29, 1.82) is 0 Å². The Hall–Kier alpha value is -1.03. The number of halogens is 1. The van der Waals surface area contributed by atoms with Crippen LogP contribution in [0, 0.1) is 0 Å². The smallest absolute Gasteiger partial charge is 0.303 e. The zero-order valence-electron chi connectivity index (χ0n) is 7.66. The van der Waals surface area contributed by atoms with Crippen LogP contribution >= 0.6 is 15.9 Å². The molecule has 0 saturated heterocycles. The van der Waals surface area contributed by atoms with Crippen molar-refractivity contribution in [3.05, 3.63) is 28.2 Å². The van der Waals surface area contributed by atoms with Crippen LogP contribution in [0.1, 0.15) is 18.4 Å². The Kier molecular flexibility index (Phi) is 3.95. The van der Waals surface area contributed by atoms with Crippen LogP contribution in [0.2, 0.25) is 0 Å². The molecule has 4 heteroatoms. The normalized spacial score (nSPS) is 10.1. The summed E-state index contributed by atoms with van der Waals surface area (Å²) < 4.78 is 0.969. The van der Waals surface area contributed by atoms with Crippen LogP contribution in [-0.2, 0) is 11.2 Å². The van der Waals surface area contributed by atoms with Gasteiger partial charge in [-0.05, 0) is 36.6 Å². The molecule has 0 spiro atoms. The Morgan fingerprint density at radius 2 is 2.21 bits per heavy atom. The van der Waals surface area contributed by atoms with Crippen LogP contribution in [0.5, 0.6) is 0 Å². The average Bonchev–Trinajstić information content (AvgIpc) is 2.10. The zero-order valence-corrected chi connectivity index (χ0v) is 9.25. The number of anilines is 1. The van der Waals surface area contributed by atoms with Crippen molar-refractivity contribution in [2.24, 2.45) is 0 Å². The van der Waals surface area contributed by atoms with E-state index >= 15 is 0 Å². The molecular weight excluding hydrogens is 246 g/mol. The van der Waals surface area contributed by atoms with Crippen LogP contribution in [0.15, 0.2) is 22.7 Å². The molecule has 0 aliphatic rings. The molecule has 3 nitrogen and oxygen atoms in total. The van der Waals surface area contributed by atoms with E-state index in [2.05, 4.69) is 15.9 Å². The van der Waals surface area contributed by atoms with Gasteiger partial charge in [-0.25, -0.2) is 0 Å². The number of aliphatic carboxylic acids is 1. The second-order valence-corrected chi connectivity index (χ2v) is 4.01. The molecule has 3 N–H and O–H groups in total. The predicted molar refractivity (Wildman–Crippen MR) is 59.1 cm³/mol. The van der Waals surface area contributed by atoms with E-state index in [4.69, 9.17) is 10.8 Å². The molecule has 0 heterocycles. The summed E-state index contributed by atoms with van der Waals surface area (Å²) in [6, 6.07) is 5.62. The summed E-state index contributed by atoms with van der Waals surface area (Å²) in [5, 5.41) is 8.47. The second kappa shape index (κ2) is 5.00. The Morgan fingerprint density at radius 3 is 2.86 bits per heavy atom. The monoisotopic (exact) mass is 257 g/mol. The van der Waals surface area contributed by atoms with E-state index in [0.717, 1.165) is 15.7 Å². The standard InChI is InChI=1S/C10H12BrNO2/c11-8-4-5-9(12)7(6-8)2-1-3-10(13)14/h4-6H,1-3,12H2,(H,13,14). The molecule has 0 saturated carbocycles. The van der Waals surface area contributed by atoms with Gasteiger partial charge in [0.05, 0.1) is 0 Å². The summed E-state index contributed by atoms with van der Waals surface area (Å²) in [6.45, 7) is 0. The van der Waals surface area contributed by atoms with Gasteiger partial charge in [-0.1, -0.05) is 15.9 Å². The van der Waals surface area contributed by atoms with Gasteiger partial charge in [0.1, 0.15) is 0 Å². The van der Waals surface area contributed by atoms with Crippen LogP contribution in [0.3, 0.4) is 0 Å². The zero-order chi connectivity index (χ0) is 10.6. The summed E-state index contributed by atoms with van der Waals surface area (Å²) in [7, 11) is 0. The van der Waals surface area contributed by atoms with Gasteiger partial charge in [-0.15, -0.1) is 0 Å². The fraction of sp³-hybridized carbons (Fsp3) is 0.300. The highest BCUT2D eigenvalue weighted by Gasteiger charge is 2.02. The largest absolute Gasteiger partial charge is 0.481 e. The SMILES string of the molecule is Nc1ccc(Br)cc1CCCC(=O)O. The number of benzene rings is 1. The first-order valence-corrected chi connectivity index (χ1v) is 5.14. The fourth-order valence-corrected chi connectivity index (χ4v) is 1.63. The number of nitrogens with two attached hydrogens (primary N) is 1. The first kappa shape index (κ1) is 11.0. The highest BCUT2D eigenvalue weighted by Crippen LogP contribution is 2.20. The van der Waals surface area contributed by atoms with Gasteiger partial charge in [-0.2, -0.15) is 0 Å². The minimum Gasteiger partial charge on any atom is -0.481 e. The van der Waals surface area contributed by atoms with Crippen molar-refractivity contribution >= 4 is 27.6 Å². The van der Waals surface area contributed by atoms with E-state index < -0.39 is 5.97 Å². The Bertz CT molecular complexity index is 339. The van der Waals surface area contributed by atoms with E-state index in [1.54, 1.807) is 0 Å². The van der Waals surface area contributed by atoms with Crippen molar-refractivity contribution in [2.45, 2.75) is 19.3 Å². The van der Waals surface area contributed by atoms with Gasteiger partial charge in [-0.3, -0.25) is 4.79 Å². The second-order valence-electron chi connectivity index (χ2n) is 3.09. The van der Waals surface area contributed by atoms with Crippen LogP contribution < -0.4 is 5.73 Å². The van der Waals surface area contributed by atoms with E-state index in [0.29, 0.717) is 12.8 Å². The first-order chi connectivity index (χ1) is 6.59. The summed E-state index contributed by atoms with van der Waals surface area (Å²) in [4.78, 5) is 10.3. The number of aryl methyl sites for hydroxylation is 1. The first-order valence-electron chi connectivity index (χ1n) is 4.35. The van der Waals surface area contributed by atoms with Crippen molar-refractivity contribution in [3.63, 3.8) is 0 Å². The summed E-state index contributed by atoms with van der Waals surface area (Å²) in [6.07, 6.45) is 1.51. The highest BCUT2D eigenvalue weighted by atomic mass is 79.9. The van der Waals surface area contributed by atoms with E-state index in [1.807, 2.05) is 18.2 Å². The molecule has 0 radical (unpaired) electrons. The number of carbonyl (C=O) groups is 1. The lowest BCUT2D eigenvalue weighted by Gasteiger charge is -2.04. The maximum Gasteiger partial charge on any atom is 0.303 e. The quantitative estimate of drug-likeness (QED) is 0.815. The molecule has 1 aromatic rings. The Labute approximate surface area is 91.1 Å². The number of hydrogen-bond donors (Lipinski definition) is 2. The van der Waals surface area contributed by atoms with Gasteiger partial charge < -0.3 is 10.8 Å². The van der Waals surface area contributed by atoms with Gasteiger partial charge in [0, 0.05) is 16.6 Å². The molecule has 1 rings (SSSR count). The topological polar surface area (TPSA) is 63.3 Å². The molecule has 0 unspecified atom stereocenters.